The van der Waals surface area contributed by atoms with E-state index in [-0.39, 0.29) is 37.5 Å². The van der Waals surface area contributed by atoms with Gasteiger partial charge in [0.2, 0.25) is 0 Å². The third-order valence-electron chi connectivity index (χ3n) is 0.603. The number of aliphatic carboxylic acids is 1. The number of likely N-dealkylation sites (N-methyl/N-ethyl adjacent to an activating group) is 1. The molecule has 0 fully saturated rings. The molecule has 0 atom stereocenters. The quantitative estimate of drug-likeness (QED) is 0.287. The molecule has 0 saturated carbocycles. The van der Waals surface area contributed by atoms with Crippen LogP contribution in [-0.4, -0.2) is 38.1 Å². The van der Waals surface area contributed by atoms with E-state index in [4.69, 9.17) is 0 Å². The molecule has 0 spiro atoms. The maximum Gasteiger partial charge on any atom is 1.00 e. The van der Waals surface area contributed by atoms with Crippen LogP contribution < -0.4 is 34.7 Å². The van der Waals surface area contributed by atoms with E-state index in [1.165, 1.54) is 0 Å². The van der Waals surface area contributed by atoms with Crippen LogP contribution >= 0.6 is 0 Å². The number of carbonyl (C=O) groups excluding carboxylic acids is 1. The van der Waals surface area contributed by atoms with E-state index in [9.17, 15) is 9.90 Å². The van der Waals surface area contributed by atoms with Gasteiger partial charge in [-0.3, -0.25) is 0 Å². The topological polar surface area (TPSA) is 40.1 Å². The fraction of sp³-hybridized carbons (Fsp3) is 0.800. The van der Waals surface area contributed by atoms with E-state index in [0.717, 1.165) is 0 Å². The molecule has 0 aliphatic heterocycles. The van der Waals surface area contributed by atoms with Gasteiger partial charge in [0.25, 0.3) is 0 Å². The predicted molar refractivity (Wildman–Crippen MR) is 29.0 cm³/mol. The van der Waals surface area contributed by atoms with Gasteiger partial charge in [0.1, 0.15) is 6.54 Å². The molecule has 0 radical (unpaired) electrons. The van der Waals surface area contributed by atoms with E-state index in [0.29, 0.717) is 4.48 Å². The van der Waals surface area contributed by atoms with Crippen LogP contribution in [0.15, 0.2) is 0 Å². The van der Waals surface area contributed by atoms with Crippen LogP contribution in [0, 0.1) is 0 Å². The van der Waals surface area contributed by atoms with Crippen molar-refractivity contribution >= 4 is 5.97 Å². The Morgan fingerprint density at radius 2 is 1.89 bits per heavy atom. The molecule has 0 saturated heterocycles. The van der Waals surface area contributed by atoms with Gasteiger partial charge in [-0.15, -0.1) is 0 Å². The van der Waals surface area contributed by atoms with Gasteiger partial charge in [-0.05, 0) is 0 Å². The molecule has 0 aromatic heterocycles. The van der Waals surface area contributed by atoms with E-state index in [1.54, 1.807) is 21.1 Å². The molecule has 9 heavy (non-hydrogen) atoms. The SMILES string of the molecule is C[N+](C)(C)CC(=O)[O-].[H-].[Na+]. The molecule has 3 nitrogen and oxygen atoms in total. The molecule has 0 aromatic carbocycles. The van der Waals surface area contributed by atoms with Gasteiger partial charge in [0.15, 0.2) is 0 Å². The number of carbonyl (C=O) groups is 1. The van der Waals surface area contributed by atoms with Crippen molar-refractivity contribution in [1.82, 2.24) is 0 Å². The molecule has 0 amide bonds. The molecule has 4 heteroatoms. The summed E-state index contributed by atoms with van der Waals surface area (Å²) >= 11 is 0. The molecule has 0 bridgehead atoms. The number of quaternary nitrogens is 1. The van der Waals surface area contributed by atoms with E-state index >= 15 is 0 Å². The summed E-state index contributed by atoms with van der Waals surface area (Å²) in [4.78, 5) is 9.89. The Balaban J connectivity index is -0.000000245. The summed E-state index contributed by atoms with van der Waals surface area (Å²) in [5, 5.41) is 9.89. The van der Waals surface area contributed by atoms with Crippen molar-refractivity contribution in [2.75, 3.05) is 27.7 Å². The zero-order valence-electron chi connectivity index (χ0n) is 7.47. The average molecular weight is 141 g/mol. The Kier molecular flexibility index (Phi) is 5.77. The first-order valence-corrected chi connectivity index (χ1v) is 2.42. The van der Waals surface area contributed by atoms with Crippen LogP contribution in [0.2, 0.25) is 0 Å². The van der Waals surface area contributed by atoms with Crippen LogP contribution in [0.25, 0.3) is 0 Å². The van der Waals surface area contributed by atoms with Crippen LogP contribution in [0.3, 0.4) is 0 Å². The number of hydrogen-bond acceptors (Lipinski definition) is 2. The summed E-state index contributed by atoms with van der Waals surface area (Å²) in [6, 6.07) is 0. The number of rotatable bonds is 2. The van der Waals surface area contributed by atoms with E-state index < -0.39 is 5.97 Å². The molecule has 0 N–H and O–H groups in total. The first-order valence-electron chi connectivity index (χ1n) is 2.42. The van der Waals surface area contributed by atoms with E-state index in [2.05, 4.69) is 0 Å². The van der Waals surface area contributed by atoms with Crippen LogP contribution in [0.1, 0.15) is 1.43 Å². The largest absolute Gasteiger partial charge is 1.00 e. The molecule has 0 heterocycles. The minimum absolute atomic E-state index is 0. The fourth-order valence-corrected chi connectivity index (χ4v) is 0.387. The Morgan fingerprint density at radius 3 is 1.89 bits per heavy atom. The minimum atomic E-state index is -1.00. The molecule has 0 aliphatic carbocycles. The van der Waals surface area contributed by atoms with Crippen molar-refractivity contribution < 1.29 is 45.4 Å². The third kappa shape index (κ3) is 11.8. The second-order valence-electron chi connectivity index (χ2n) is 2.82. The van der Waals surface area contributed by atoms with Gasteiger partial charge >= 0.3 is 29.6 Å². The first-order chi connectivity index (χ1) is 3.42. The smallest absolute Gasteiger partial charge is 1.00 e. The van der Waals surface area contributed by atoms with Crippen molar-refractivity contribution in [3.8, 4) is 0 Å². The molecule has 0 aliphatic rings. The van der Waals surface area contributed by atoms with Gasteiger partial charge in [-0.1, -0.05) is 0 Å². The maximum absolute atomic E-state index is 9.89. The van der Waals surface area contributed by atoms with Gasteiger partial charge in [0, 0.05) is 0 Å². The first kappa shape index (κ1) is 12.1. The number of carboxylic acids is 1. The normalized spacial score (nSPS) is 10.1. The summed E-state index contributed by atoms with van der Waals surface area (Å²) in [7, 11) is 5.40. The van der Waals surface area contributed by atoms with Crippen LogP contribution in [0.4, 0.5) is 0 Å². The number of nitrogens with zero attached hydrogens (tertiary/aromatic N) is 1. The van der Waals surface area contributed by atoms with E-state index in [1.807, 2.05) is 0 Å². The maximum atomic E-state index is 9.89. The number of carboxylic acid groups (broad SMARTS) is 1. The summed E-state index contributed by atoms with van der Waals surface area (Å²) < 4.78 is 0.419. The van der Waals surface area contributed by atoms with Crippen LogP contribution in [-0.2, 0) is 4.79 Å². The summed E-state index contributed by atoms with van der Waals surface area (Å²) in [5.74, 6) is -1.00. The van der Waals surface area contributed by atoms with Crippen molar-refractivity contribution in [1.29, 1.82) is 0 Å². The van der Waals surface area contributed by atoms with Gasteiger partial charge in [-0.25, -0.2) is 0 Å². The second kappa shape index (κ2) is 4.28. The van der Waals surface area contributed by atoms with Crippen LogP contribution in [0.5, 0.6) is 0 Å². The van der Waals surface area contributed by atoms with Crippen molar-refractivity contribution in [3.63, 3.8) is 0 Å². The van der Waals surface area contributed by atoms with Crippen molar-refractivity contribution in [2.45, 2.75) is 0 Å². The fourth-order valence-electron chi connectivity index (χ4n) is 0.387. The zero-order valence-corrected chi connectivity index (χ0v) is 8.47. The molecule has 0 aromatic rings. The van der Waals surface area contributed by atoms with Crippen molar-refractivity contribution in [2.24, 2.45) is 0 Å². The van der Waals surface area contributed by atoms with Gasteiger partial charge < -0.3 is 15.8 Å². The molecule has 0 unspecified atom stereocenters. The second-order valence-corrected chi connectivity index (χ2v) is 2.82. The monoisotopic (exact) mass is 141 g/mol. The van der Waals surface area contributed by atoms with Crippen molar-refractivity contribution in [3.05, 3.63) is 0 Å². The molecular formula is C5H12NNaO2. The Labute approximate surface area is 79.0 Å². The zero-order chi connectivity index (χ0) is 6.78. The average Bonchev–Trinajstić information content (AvgIpc) is 1.21. The minimum Gasteiger partial charge on any atom is -1.00 e. The molecule has 0 rings (SSSR count). The number of hydrogen-bond donors (Lipinski definition) is 0. The summed E-state index contributed by atoms with van der Waals surface area (Å²) in [5.41, 5.74) is 0. The predicted octanol–water partition coefficient (Wildman–Crippen LogP) is -4.44. The third-order valence-corrected chi connectivity index (χ3v) is 0.603. The summed E-state index contributed by atoms with van der Waals surface area (Å²) in [6.07, 6.45) is 0. The van der Waals surface area contributed by atoms with Gasteiger partial charge in [0.05, 0.1) is 27.1 Å². The molecule has 50 valence electrons. The Morgan fingerprint density at radius 1 is 1.56 bits per heavy atom. The Hall–Kier alpha value is 0.430. The summed E-state index contributed by atoms with van der Waals surface area (Å²) in [6.45, 7) is 0.0694. The standard InChI is InChI=1S/C5H11NO2.Na.H/c1-6(2,3)4-5(7)8;;/h4H2,1-3H3;;/q;+1;-1. The van der Waals surface area contributed by atoms with Gasteiger partial charge in [-0.2, -0.15) is 0 Å². The molecular weight excluding hydrogens is 129 g/mol. The Bertz CT molecular complexity index is 102.